The summed E-state index contributed by atoms with van der Waals surface area (Å²) in [4.78, 5) is 23.5. The Morgan fingerprint density at radius 3 is 2.55 bits per heavy atom. The molecule has 0 radical (unpaired) electrons. The number of aryl methyl sites for hydroxylation is 1. The SMILES string of the molecule is Cc1ccc(C(C)NC(=O)CCNC(=O)c2ccco2)cc1. The van der Waals surface area contributed by atoms with Gasteiger partial charge in [-0.05, 0) is 31.5 Å². The van der Waals surface area contributed by atoms with Gasteiger partial charge in [-0.25, -0.2) is 0 Å². The van der Waals surface area contributed by atoms with Crippen LogP contribution >= 0.6 is 0 Å². The Morgan fingerprint density at radius 1 is 1.18 bits per heavy atom. The summed E-state index contributed by atoms with van der Waals surface area (Å²) in [7, 11) is 0. The van der Waals surface area contributed by atoms with Crippen molar-refractivity contribution in [2.45, 2.75) is 26.3 Å². The topological polar surface area (TPSA) is 71.3 Å². The van der Waals surface area contributed by atoms with Crippen molar-refractivity contribution in [2.75, 3.05) is 6.54 Å². The molecule has 0 saturated carbocycles. The van der Waals surface area contributed by atoms with E-state index in [4.69, 9.17) is 4.42 Å². The van der Waals surface area contributed by atoms with E-state index in [2.05, 4.69) is 10.6 Å². The smallest absolute Gasteiger partial charge is 0.286 e. The molecule has 2 amide bonds. The zero-order valence-electron chi connectivity index (χ0n) is 12.8. The number of benzene rings is 1. The lowest BCUT2D eigenvalue weighted by atomic mass is 10.1. The van der Waals surface area contributed by atoms with Gasteiger partial charge in [0.2, 0.25) is 5.91 Å². The van der Waals surface area contributed by atoms with Crippen molar-refractivity contribution in [3.05, 3.63) is 59.5 Å². The normalized spacial score (nSPS) is 11.7. The highest BCUT2D eigenvalue weighted by molar-refractivity contribution is 5.91. The molecular formula is C17H20N2O3. The summed E-state index contributed by atoms with van der Waals surface area (Å²) in [5.41, 5.74) is 2.24. The second-order valence-corrected chi connectivity index (χ2v) is 5.18. The lowest BCUT2D eigenvalue weighted by Gasteiger charge is -2.14. The van der Waals surface area contributed by atoms with Gasteiger partial charge < -0.3 is 15.1 Å². The molecule has 2 N–H and O–H groups in total. The third-order valence-corrected chi connectivity index (χ3v) is 3.34. The molecule has 0 bridgehead atoms. The Hall–Kier alpha value is -2.56. The van der Waals surface area contributed by atoms with Gasteiger partial charge in [0.05, 0.1) is 12.3 Å². The van der Waals surface area contributed by atoms with Gasteiger partial charge in [0.1, 0.15) is 0 Å². The molecule has 0 fully saturated rings. The Labute approximate surface area is 129 Å². The average Bonchev–Trinajstić information content (AvgIpc) is 3.02. The van der Waals surface area contributed by atoms with Crippen LogP contribution in [-0.2, 0) is 4.79 Å². The number of amides is 2. The van der Waals surface area contributed by atoms with Crippen LogP contribution in [0, 0.1) is 6.92 Å². The van der Waals surface area contributed by atoms with Gasteiger partial charge >= 0.3 is 0 Å². The van der Waals surface area contributed by atoms with Crippen LogP contribution in [0.15, 0.2) is 47.1 Å². The van der Waals surface area contributed by atoms with Gasteiger partial charge in [-0.3, -0.25) is 9.59 Å². The summed E-state index contributed by atoms with van der Waals surface area (Å²) < 4.78 is 4.97. The quantitative estimate of drug-likeness (QED) is 0.861. The van der Waals surface area contributed by atoms with Gasteiger partial charge in [-0.15, -0.1) is 0 Å². The Balaban J connectivity index is 1.73. The first-order chi connectivity index (χ1) is 10.6. The number of rotatable bonds is 6. The van der Waals surface area contributed by atoms with Crippen molar-refractivity contribution >= 4 is 11.8 Å². The maximum absolute atomic E-state index is 11.9. The molecule has 1 atom stereocenters. The molecule has 116 valence electrons. The van der Waals surface area contributed by atoms with Crippen molar-refractivity contribution < 1.29 is 14.0 Å². The number of furan rings is 1. The third kappa shape index (κ3) is 4.48. The van der Waals surface area contributed by atoms with Gasteiger partial charge in [0.25, 0.3) is 5.91 Å². The molecule has 22 heavy (non-hydrogen) atoms. The number of nitrogens with one attached hydrogen (secondary N) is 2. The number of hydrogen-bond donors (Lipinski definition) is 2. The summed E-state index contributed by atoms with van der Waals surface area (Å²) in [5.74, 6) is -0.175. The minimum atomic E-state index is -0.315. The van der Waals surface area contributed by atoms with Crippen LogP contribution in [0.2, 0.25) is 0 Å². The second-order valence-electron chi connectivity index (χ2n) is 5.18. The zero-order valence-corrected chi connectivity index (χ0v) is 12.8. The fourth-order valence-corrected chi connectivity index (χ4v) is 2.04. The van der Waals surface area contributed by atoms with E-state index in [-0.39, 0.29) is 36.6 Å². The van der Waals surface area contributed by atoms with E-state index < -0.39 is 0 Å². The predicted octanol–water partition coefficient (Wildman–Crippen LogP) is 2.59. The van der Waals surface area contributed by atoms with Crippen LogP contribution in [0.25, 0.3) is 0 Å². The molecular weight excluding hydrogens is 280 g/mol. The first kappa shape index (κ1) is 15.8. The molecule has 1 heterocycles. The first-order valence-electron chi connectivity index (χ1n) is 7.24. The second kappa shape index (κ2) is 7.45. The fraction of sp³-hybridized carbons (Fsp3) is 0.294. The van der Waals surface area contributed by atoms with E-state index in [1.807, 2.05) is 38.1 Å². The highest BCUT2D eigenvalue weighted by atomic mass is 16.3. The molecule has 0 saturated heterocycles. The number of carbonyl (C=O) groups excluding carboxylic acids is 2. The molecule has 5 nitrogen and oxygen atoms in total. The van der Waals surface area contributed by atoms with Crippen molar-refractivity contribution in [1.29, 1.82) is 0 Å². The van der Waals surface area contributed by atoms with E-state index in [0.29, 0.717) is 0 Å². The van der Waals surface area contributed by atoms with E-state index in [0.717, 1.165) is 5.56 Å². The van der Waals surface area contributed by atoms with Crippen molar-refractivity contribution in [1.82, 2.24) is 10.6 Å². The van der Waals surface area contributed by atoms with Gasteiger partial charge in [0.15, 0.2) is 5.76 Å². The minimum Gasteiger partial charge on any atom is -0.459 e. The standard InChI is InChI=1S/C17H20N2O3/c1-12-5-7-14(8-6-12)13(2)19-16(20)9-10-18-17(21)15-4-3-11-22-15/h3-8,11,13H,9-10H2,1-2H3,(H,18,21)(H,19,20). The molecule has 5 heteroatoms. The Morgan fingerprint density at radius 2 is 1.91 bits per heavy atom. The monoisotopic (exact) mass is 300 g/mol. The van der Waals surface area contributed by atoms with Crippen molar-refractivity contribution in [3.8, 4) is 0 Å². The van der Waals surface area contributed by atoms with Crippen LogP contribution in [-0.4, -0.2) is 18.4 Å². The first-order valence-corrected chi connectivity index (χ1v) is 7.24. The van der Waals surface area contributed by atoms with Gasteiger partial charge in [-0.2, -0.15) is 0 Å². The van der Waals surface area contributed by atoms with Crippen LogP contribution in [0.3, 0.4) is 0 Å². The maximum atomic E-state index is 11.9. The van der Waals surface area contributed by atoms with E-state index in [9.17, 15) is 9.59 Å². The predicted molar refractivity (Wildman–Crippen MR) is 83.4 cm³/mol. The summed E-state index contributed by atoms with van der Waals surface area (Å²) in [5, 5.41) is 5.55. The summed E-state index contributed by atoms with van der Waals surface area (Å²) in [6.07, 6.45) is 1.66. The number of hydrogen-bond acceptors (Lipinski definition) is 3. The molecule has 1 unspecified atom stereocenters. The number of carbonyl (C=O) groups is 2. The van der Waals surface area contributed by atoms with Crippen molar-refractivity contribution in [2.24, 2.45) is 0 Å². The lowest BCUT2D eigenvalue weighted by Crippen LogP contribution is -2.31. The molecule has 0 aliphatic carbocycles. The maximum Gasteiger partial charge on any atom is 0.286 e. The Bertz CT molecular complexity index is 618. The average molecular weight is 300 g/mol. The largest absolute Gasteiger partial charge is 0.459 e. The molecule has 0 aliphatic heterocycles. The van der Waals surface area contributed by atoms with E-state index in [1.165, 1.54) is 11.8 Å². The highest BCUT2D eigenvalue weighted by Crippen LogP contribution is 2.12. The summed E-state index contributed by atoms with van der Waals surface area (Å²) in [6, 6.07) is 11.2. The molecule has 1 aromatic carbocycles. The van der Waals surface area contributed by atoms with Crippen molar-refractivity contribution in [3.63, 3.8) is 0 Å². The van der Waals surface area contributed by atoms with Crippen LogP contribution in [0.4, 0.5) is 0 Å². The third-order valence-electron chi connectivity index (χ3n) is 3.34. The molecule has 2 aromatic rings. The summed E-state index contributed by atoms with van der Waals surface area (Å²) >= 11 is 0. The van der Waals surface area contributed by atoms with E-state index >= 15 is 0 Å². The van der Waals surface area contributed by atoms with Gasteiger partial charge in [0, 0.05) is 13.0 Å². The molecule has 2 rings (SSSR count). The molecule has 0 aliphatic rings. The fourth-order valence-electron chi connectivity index (χ4n) is 2.04. The minimum absolute atomic E-state index is 0.0612. The highest BCUT2D eigenvalue weighted by Gasteiger charge is 2.11. The van der Waals surface area contributed by atoms with Crippen LogP contribution in [0.5, 0.6) is 0 Å². The van der Waals surface area contributed by atoms with Gasteiger partial charge in [-0.1, -0.05) is 29.8 Å². The Kier molecular flexibility index (Phi) is 5.36. The van der Waals surface area contributed by atoms with Crippen LogP contribution in [0.1, 0.15) is 41.1 Å². The zero-order chi connectivity index (χ0) is 15.9. The summed E-state index contributed by atoms with van der Waals surface area (Å²) in [6.45, 7) is 4.23. The lowest BCUT2D eigenvalue weighted by molar-refractivity contribution is -0.121. The van der Waals surface area contributed by atoms with E-state index in [1.54, 1.807) is 12.1 Å². The molecule has 1 aromatic heterocycles. The molecule has 0 spiro atoms. The van der Waals surface area contributed by atoms with Crippen LogP contribution < -0.4 is 10.6 Å².